The van der Waals surface area contributed by atoms with Crippen LogP contribution in [0, 0.1) is 12.8 Å². The molecular formula is C34H47N5O2. The summed E-state index contributed by atoms with van der Waals surface area (Å²) in [7, 11) is 0. The van der Waals surface area contributed by atoms with Crippen LogP contribution in [-0.2, 0) is 16.6 Å². The molecule has 7 nitrogen and oxygen atoms in total. The molecule has 0 atom stereocenters. The molecule has 0 saturated carbocycles. The molecule has 2 heterocycles. The summed E-state index contributed by atoms with van der Waals surface area (Å²) in [6, 6.07) is 17.8. The summed E-state index contributed by atoms with van der Waals surface area (Å²) in [4.78, 5) is 27.5. The summed E-state index contributed by atoms with van der Waals surface area (Å²) in [6.45, 7) is 12.3. The first-order chi connectivity index (χ1) is 19.6. The first-order valence-electron chi connectivity index (χ1n) is 15.2. The van der Waals surface area contributed by atoms with Crippen LogP contribution in [0.15, 0.2) is 54.6 Å². The highest BCUT2D eigenvalue weighted by Crippen LogP contribution is 2.27. The minimum absolute atomic E-state index is 0.154. The second-order valence-electron chi connectivity index (χ2n) is 12.5. The number of nitrogens with zero attached hydrogens (tertiary/aromatic N) is 3. The number of urea groups is 1. The summed E-state index contributed by atoms with van der Waals surface area (Å²) in [5.41, 5.74) is 4.81. The molecule has 1 aliphatic rings. The number of rotatable bonds is 10. The van der Waals surface area contributed by atoms with E-state index in [1.807, 2.05) is 49.4 Å². The second kappa shape index (κ2) is 13.8. The van der Waals surface area contributed by atoms with Gasteiger partial charge in [-0.25, -0.2) is 9.48 Å². The van der Waals surface area contributed by atoms with E-state index in [-0.39, 0.29) is 11.4 Å². The fraction of sp³-hybridized carbons (Fsp3) is 0.500. The number of carbonyl (C=O) groups is 2. The van der Waals surface area contributed by atoms with Gasteiger partial charge < -0.3 is 10.2 Å². The molecule has 220 valence electrons. The molecular weight excluding hydrogens is 510 g/mol. The standard InChI is InChI=1S/C34H47N5O2/c1-6-7-8-9-10-32(40)38-21-19-27(20-22-38)23-26-13-15-28(16-14-26)35-33(41)36-31-24-30(34(3,4)5)37-39(31)29-17-11-25(2)12-18-29/h11-18,24,27H,6-10,19-23H2,1-5H3,(H2,35,36,41). The number of hydrogen-bond donors (Lipinski definition) is 2. The van der Waals surface area contributed by atoms with E-state index in [4.69, 9.17) is 5.10 Å². The molecule has 1 fully saturated rings. The number of amides is 3. The number of aromatic nitrogens is 2. The minimum Gasteiger partial charge on any atom is -0.343 e. The van der Waals surface area contributed by atoms with Crippen molar-refractivity contribution >= 4 is 23.4 Å². The van der Waals surface area contributed by atoms with E-state index in [1.54, 1.807) is 4.68 Å². The Kier molecular flexibility index (Phi) is 10.2. The van der Waals surface area contributed by atoms with Gasteiger partial charge in [-0.3, -0.25) is 10.1 Å². The zero-order valence-corrected chi connectivity index (χ0v) is 25.5. The molecule has 3 amide bonds. The number of piperidine rings is 1. The van der Waals surface area contributed by atoms with Gasteiger partial charge in [-0.05, 0) is 68.4 Å². The second-order valence-corrected chi connectivity index (χ2v) is 12.5. The average molecular weight is 558 g/mol. The van der Waals surface area contributed by atoms with Crippen molar-refractivity contribution in [1.29, 1.82) is 0 Å². The van der Waals surface area contributed by atoms with Gasteiger partial charge in [0.1, 0.15) is 5.82 Å². The van der Waals surface area contributed by atoms with Crippen molar-refractivity contribution in [3.63, 3.8) is 0 Å². The molecule has 0 radical (unpaired) electrons. The number of benzene rings is 2. The van der Waals surface area contributed by atoms with Gasteiger partial charge in [0, 0.05) is 36.7 Å². The van der Waals surface area contributed by atoms with Crippen LogP contribution in [0.1, 0.15) is 89.5 Å². The van der Waals surface area contributed by atoms with Crippen LogP contribution in [-0.4, -0.2) is 39.7 Å². The van der Waals surface area contributed by atoms with Crippen LogP contribution in [0.2, 0.25) is 0 Å². The number of anilines is 2. The molecule has 1 aromatic heterocycles. The number of carbonyl (C=O) groups excluding carboxylic acids is 2. The molecule has 2 N–H and O–H groups in total. The Morgan fingerprint density at radius 3 is 2.24 bits per heavy atom. The largest absolute Gasteiger partial charge is 0.343 e. The zero-order chi connectivity index (χ0) is 29.4. The van der Waals surface area contributed by atoms with Crippen molar-refractivity contribution in [3.05, 3.63) is 71.4 Å². The van der Waals surface area contributed by atoms with Crippen LogP contribution >= 0.6 is 0 Å². The van der Waals surface area contributed by atoms with Gasteiger partial charge >= 0.3 is 6.03 Å². The van der Waals surface area contributed by atoms with Gasteiger partial charge in [-0.2, -0.15) is 5.10 Å². The fourth-order valence-corrected chi connectivity index (χ4v) is 5.30. The molecule has 4 rings (SSSR count). The highest BCUT2D eigenvalue weighted by Gasteiger charge is 2.23. The third-order valence-corrected chi connectivity index (χ3v) is 7.95. The van der Waals surface area contributed by atoms with Crippen molar-refractivity contribution in [1.82, 2.24) is 14.7 Å². The van der Waals surface area contributed by atoms with Crippen molar-refractivity contribution in [3.8, 4) is 5.69 Å². The lowest BCUT2D eigenvalue weighted by Gasteiger charge is -2.32. The van der Waals surface area contributed by atoms with E-state index >= 15 is 0 Å². The third-order valence-electron chi connectivity index (χ3n) is 7.95. The molecule has 2 aromatic carbocycles. The molecule has 41 heavy (non-hydrogen) atoms. The Morgan fingerprint density at radius 1 is 0.927 bits per heavy atom. The van der Waals surface area contributed by atoms with Gasteiger partial charge in [-0.1, -0.05) is 76.8 Å². The molecule has 0 bridgehead atoms. The zero-order valence-electron chi connectivity index (χ0n) is 25.5. The lowest BCUT2D eigenvalue weighted by atomic mass is 9.90. The predicted octanol–water partition coefficient (Wildman–Crippen LogP) is 7.87. The SMILES string of the molecule is CCCCCCC(=O)N1CCC(Cc2ccc(NC(=O)Nc3cc(C(C)(C)C)nn3-c3ccc(C)cc3)cc2)CC1. The summed E-state index contributed by atoms with van der Waals surface area (Å²) >= 11 is 0. The van der Waals surface area contributed by atoms with Crippen molar-refractivity contribution < 1.29 is 9.59 Å². The van der Waals surface area contributed by atoms with E-state index in [0.29, 0.717) is 24.1 Å². The summed E-state index contributed by atoms with van der Waals surface area (Å²) in [5, 5.41) is 10.8. The van der Waals surface area contributed by atoms with Crippen LogP contribution in [0.3, 0.4) is 0 Å². The lowest BCUT2D eigenvalue weighted by Crippen LogP contribution is -2.38. The number of unbranched alkanes of at least 4 members (excludes halogenated alkanes) is 3. The average Bonchev–Trinajstić information content (AvgIpc) is 3.37. The van der Waals surface area contributed by atoms with Crippen molar-refractivity contribution in [2.75, 3.05) is 23.7 Å². The molecule has 7 heteroatoms. The van der Waals surface area contributed by atoms with E-state index in [2.05, 4.69) is 55.4 Å². The highest BCUT2D eigenvalue weighted by molar-refractivity contribution is 5.99. The molecule has 1 saturated heterocycles. The summed E-state index contributed by atoms with van der Waals surface area (Å²) < 4.78 is 1.79. The quantitative estimate of drug-likeness (QED) is 0.249. The minimum atomic E-state index is -0.307. The number of hydrogen-bond acceptors (Lipinski definition) is 3. The van der Waals surface area contributed by atoms with E-state index in [0.717, 1.165) is 62.3 Å². The van der Waals surface area contributed by atoms with Gasteiger partial charge in [0.25, 0.3) is 0 Å². The Balaban J connectivity index is 1.29. The van der Waals surface area contributed by atoms with Crippen molar-refractivity contribution in [2.45, 2.75) is 91.4 Å². The van der Waals surface area contributed by atoms with Gasteiger partial charge in [0.05, 0.1) is 11.4 Å². The van der Waals surface area contributed by atoms with Gasteiger partial charge in [0.2, 0.25) is 5.91 Å². The van der Waals surface area contributed by atoms with E-state index in [9.17, 15) is 9.59 Å². The highest BCUT2D eigenvalue weighted by atomic mass is 16.2. The maximum absolute atomic E-state index is 13.0. The van der Waals surface area contributed by atoms with E-state index in [1.165, 1.54) is 24.0 Å². The molecule has 0 aliphatic carbocycles. The van der Waals surface area contributed by atoms with Gasteiger partial charge in [-0.15, -0.1) is 0 Å². The maximum atomic E-state index is 13.0. The molecule has 0 unspecified atom stereocenters. The Hall–Kier alpha value is -3.61. The van der Waals surface area contributed by atoms with E-state index < -0.39 is 0 Å². The maximum Gasteiger partial charge on any atom is 0.324 e. The lowest BCUT2D eigenvalue weighted by molar-refractivity contribution is -0.132. The van der Waals surface area contributed by atoms with Crippen molar-refractivity contribution in [2.24, 2.45) is 5.92 Å². The number of likely N-dealkylation sites (tertiary alicyclic amines) is 1. The first-order valence-corrected chi connectivity index (χ1v) is 15.2. The number of aryl methyl sites for hydroxylation is 1. The number of nitrogens with one attached hydrogen (secondary N) is 2. The molecule has 1 aliphatic heterocycles. The van der Waals surface area contributed by atoms with Crippen LogP contribution in [0.5, 0.6) is 0 Å². The van der Waals surface area contributed by atoms with Gasteiger partial charge in [0.15, 0.2) is 0 Å². The third kappa shape index (κ3) is 8.69. The molecule has 0 spiro atoms. The summed E-state index contributed by atoms with van der Waals surface area (Å²) in [6.07, 6.45) is 8.37. The monoisotopic (exact) mass is 557 g/mol. The Bertz CT molecular complexity index is 1280. The molecule has 3 aromatic rings. The summed E-state index contributed by atoms with van der Waals surface area (Å²) in [5.74, 6) is 1.53. The van der Waals surface area contributed by atoms with Crippen LogP contribution in [0.4, 0.5) is 16.3 Å². The fourth-order valence-electron chi connectivity index (χ4n) is 5.30. The topological polar surface area (TPSA) is 79.3 Å². The van der Waals surface area contributed by atoms with Crippen LogP contribution < -0.4 is 10.6 Å². The Morgan fingerprint density at radius 2 is 1.61 bits per heavy atom. The normalized spacial score (nSPS) is 14.2. The first kappa shape index (κ1) is 30.4. The van der Waals surface area contributed by atoms with Crippen LogP contribution in [0.25, 0.3) is 5.69 Å². The Labute approximate surface area is 245 Å². The smallest absolute Gasteiger partial charge is 0.324 e. The predicted molar refractivity (Wildman–Crippen MR) is 168 cm³/mol.